The van der Waals surface area contributed by atoms with Crippen LogP contribution in [0.1, 0.15) is 31.1 Å². The average molecular weight is 346 g/mol. The Bertz CT molecular complexity index is 588. The number of pyridine rings is 1. The van der Waals surface area contributed by atoms with E-state index >= 15 is 0 Å². The van der Waals surface area contributed by atoms with Gasteiger partial charge >= 0.3 is 0 Å². The van der Waals surface area contributed by atoms with E-state index in [-0.39, 0.29) is 22.8 Å². The molecule has 0 spiro atoms. The largest absolute Gasteiger partial charge is 0.387 e. The molecule has 0 aromatic carbocycles. The molecule has 1 aromatic heterocycles. The van der Waals surface area contributed by atoms with Crippen LogP contribution in [0.4, 0.5) is 10.1 Å². The first-order valence-corrected chi connectivity index (χ1v) is 7.65. The maximum Gasteiger partial charge on any atom is 0.255 e. The van der Waals surface area contributed by atoms with Gasteiger partial charge < -0.3 is 20.5 Å². The van der Waals surface area contributed by atoms with Crippen molar-refractivity contribution in [2.24, 2.45) is 0 Å². The molecule has 128 valence electrons. The molecule has 2 rings (SSSR count). The zero-order valence-corrected chi connectivity index (χ0v) is 14.1. The quantitative estimate of drug-likeness (QED) is 0.684. The highest BCUT2D eigenvalue weighted by Gasteiger charge is 2.34. The number of hydrogen-bond donors (Lipinski definition) is 3. The molecule has 0 radical (unpaired) electrons. The Balaban J connectivity index is 2.10. The first-order valence-electron chi connectivity index (χ1n) is 7.27. The molecule has 1 atom stereocenters. The molecular weight excluding hydrogens is 325 g/mol. The Morgan fingerprint density at radius 1 is 1.61 bits per heavy atom. The number of carbonyl (C=O) groups is 1. The Morgan fingerprint density at radius 2 is 2.26 bits per heavy atom. The van der Waals surface area contributed by atoms with Crippen molar-refractivity contribution in [2.45, 2.75) is 38.1 Å². The summed E-state index contributed by atoms with van der Waals surface area (Å²) in [6.45, 7) is 5.37. The van der Waals surface area contributed by atoms with Crippen molar-refractivity contribution < 1.29 is 19.0 Å². The highest BCUT2D eigenvalue weighted by atomic mass is 35.5. The monoisotopic (exact) mass is 345 g/mol. The lowest BCUT2D eigenvalue weighted by Crippen LogP contribution is -2.53. The maximum atomic E-state index is 13.8. The van der Waals surface area contributed by atoms with Crippen LogP contribution < -0.4 is 10.6 Å². The van der Waals surface area contributed by atoms with Crippen molar-refractivity contribution in [3.63, 3.8) is 0 Å². The van der Waals surface area contributed by atoms with Crippen LogP contribution in [-0.2, 0) is 4.74 Å². The number of aromatic nitrogens is 1. The number of aliphatic hydroxyl groups is 1. The first kappa shape index (κ1) is 17.9. The summed E-state index contributed by atoms with van der Waals surface area (Å²) in [4.78, 5) is 16.2. The minimum absolute atomic E-state index is 0.243. The van der Waals surface area contributed by atoms with Gasteiger partial charge in [0.1, 0.15) is 11.3 Å². The molecule has 1 saturated heterocycles. The molecule has 1 aromatic rings. The number of hydrogen-bond acceptors (Lipinski definition) is 5. The lowest BCUT2D eigenvalue weighted by Gasteiger charge is -2.40. The molecule has 2 heterocycles. The highest BCUT2D eigenvalue weighted by molar-refractivity contribution is 6.29. The Kier molecular flexibility index (Phi) is 5.13. The van der Waals surface area contributed by atoms with Gasteiger partial charge in [-0.05, 0) is 26.8 Å². The summed E-state index contributed by atoms with van der Waals surface area (Å²) in [6, 6.07) is 1.54. The number of carbonyl (C=O) groups excluding carboxylic acids is 1. The second kappa shape index (κ2) is 6.59. The number of ether oxygens (including phenoxy) is 1. The summed E-state index contributed by atoms with van der Waals surface area (Å²) in [5, 5.41) is 15.5. The SMILES string of the molecule is CC1(Nc2cc(Cl)ncc2C(=O)NC[C@@H](F)C(C)(C)O)COC1. The first-order chi connectivity index (χ1) is 10.6. The summed E-state index contributed by atoms with van der Waals surface area (Å²) in [5.41, 5.74) is -1.05. The van der Waals surface area contributed by atoms with E-state index in [0.717, 1.165) is 0 Å². The van der Waals surface area contributed by atoms with E-state index in [4.69, 9.17) is 16.3 Å². The molecule has 0 bridgehead atoms. The van der Waals surface area contributed by atoms with Gasteiger partial charge in [0.05, 0.1) is 42.1 Å². The van der Waals surface area contributed by atoms with Crippen LogP contribution in [0.2, 0.25) is 5.15 Å². The van der Waals surface area contributed by atoms with Gasteiger partial charge in [0.25, 0.3) is 5.91 Å². The second-order valence-electron chi connectivity index (χ2n) is 6.56. The number of alkyl halides is 1. The number of rotatable bonds is 6. The van der Waals surface area contributed by atoms with Crippen molar-refractivity contribution in [1.82, 2.24) is 10.3 Å². The number of anilines is 1. The van der Waals surface area contributed by atoms with E-state index in [0.29, 0.717) is 18.9 Å². The minimum Gasteiger partial charge on any atom is -0.387 e. The maximum absolute atomic E-state index is 13.8. The van der Waals surface area contributed by atoms with Gasteiger partial charge in [-0.15, -0.1) is 0 Å². The third-order valence-corrected chi connectivity index (χ3v) is 3.81. The summed E-state index contributed by atoms with van der Waals surface area (Å²) in [6.07, 6.45) is -0.249. The number of nitrogens with zero attached hydrogens (tertiary/aromatic N) is 1. The van der Waals surface area contributed by atoms with Crippen LogP contribution in [0.15, 0.2) is 12.3 Å². The highest BCUT2D eigenvalue weighted by Crippen LogP contribution is 2.26. The van der Waals surface area contributed by atoms with Crippen LogP contribution in [-0.4, -0.2) is 53.1 Å². The molecule has 0 unspecified atom stereocenters. The molecule has 1 amide bonds. The fraction of sp³-hybridized carbons (Fsp3) is 0.600. The standard InChI is InChI=1S/C15H21ClFN3O3/c1-14(2,22)11(17)6-19-13(21)9-5-18-12(16)4-10(9)20-15(3)7-23-8-15/h4-5,11,22H,6-8H2,1-3H3,(H,18,20)(H,19,21)/t11-/m1/s1. The second-order valence-corrected chi connectivity index (χ2v) is 6.95. The number of halogens is 2. The topological polar surface area (TPSA) is 83.5 Å². The van der Waals surface area contributed by atoms with Crippen LogP contribution in [0, 0.1) is 0 Å². The van der Waals surface area contributed by atoms with Gasteiger partial charge in [0.2, 0.25) is 0 Å². The Morgan fingerprint density at radius 3 is 2.78 bits per heavy atom. The lowest BCUT2D eigenvalue weighted by molar-refractivity contribution is -0.0318. The van der Waals surface area contributed by atoms with E-state index in [1.165, 1.54) is 20.0 Å². The normalized spacial score (nSPS) is 18.0. The Hall–Kier alpha value is -1.44. The summed E-state index contributed by atoms with van der Waals surface area (Å²) in [5.74, 6) is -0.493. The van der Waals surface area contributed by atoms with Crippen molar-refractivity contribution >= 4 is 23.2 Å². The predicted molar refractivity (Wildman–Crippen MR) is 85.6 cm³/mol. The fourth-order valence-electron chi connectivity index (χ4n) is 2.05. The average Bonchev–Trinajstić information content (AvgIpc) is 2.41. The number of nitrogens with one attached hydrogen (secondary N) is 2. The summed E-state index contributed by atoms with van der Waals surface area (Å²) < 4.78 is 18.9. The van der Waals surface area contributed by atoms with Crippen LogP contribution in [0.5, 0.6) is 0 Å². The van der Waals surface area contributed by atoms with Gasteiger partial charge in [0, 0.05) is 6.20 Å². The van der Waals surface area contributed by atoms with Crippen molar-refractivity contribution in [2.75, 3.05) is 25.1 Å². The van der Waals surface area contributed by atoms with Gasteiger partial charge in [-0.2, -0.15) is 0 Å². The lowest BCUT2D eigenvalue weighted by atomic mass is 9.99. The molecule has 8 heteroatoms. The molecule has 1 fully saturated rings. The van der Waals surface area contributed by atoms with Gasteiger partial charge in [-0.25, -0.2) is 9.37 Å². The predicted octanol–water partition coefficient (Wildman–Crippen LogP) is 1.77. The van der Waals surface area contributed by atoms with Crippen molar-refractivity contribution in [3.05, 3.63) is 23.0 Å². The third-order valence-electron chi connectivity index (χ3n) is 3.60. The van der Waals surface area contributed by atoms with Crippen LogP contribution in [0.25, 0.3) is 0 Å². The van der Waals surface area contributed by atoms with Gasteiger partial charge in [-0.1, -0.05) is 11.6 Å². The van der Waals surface area contributed by atoms with Crippen molar-refractivity contribution in [3.8, 4) is 0 Å². The zero-order valence-electron chi connectivity index (χ0n) is 13.3. The molecule has 6 nitrogen and oxygen atoms in total. The van der Waals surface area contributed by atoms with E-state index in [1.807, 2.05) is 6.92 Å². The molecule has 0 aliphatic carbocycles. The van der Waals surface area contributed by atoms with E-state index in [2.05, 4.69) is 15.6 Å². The summed E-state index contributed by atoms with van der Waals surface area (Å²) >= 11 is 5.89. The zero-order chi connectivity index (χ0) is 17.3. The Labute approximate surface area is 139 Å². The molecule has 1 aliphatic rings. The van der Waals surface area contributed by atoms with E-state index in [9.17, 15) is 14.3 Å². The molecular formula is C15H21ClFN3O3. The smallest absolute Gasteiger partial charge is 0.255 e. The summed E-state index contributed by atoms with van der Waals surface area (Å²) in [7, 11) is 0. The fourth-order valence-corrected chi connectivity index (χ4v) is 2.20. The van der Waals surface area contributed by atoms with Gasteiger partial charge in [-0.3, -0.25) is 4.79 Å². The van der Waals surface area contributed by atoms with Crippen LogP contribution >= 0.6 is 11.6 Å². The van der Waals surface area contributed by atoms with Crippen molar-refractivity contribution in [1.29, 1.82) is 0 Å². The molecule has 23 heavy (non-hydrogen) atoms. The number of amides is 1. The molecule has 0 saturated carbocycles. The van der Waals surface area contributed by atoms with Gasteiger partial charge in [0.15, 0.2) is 0 Å². The van der Waals surface area contributed by atoms with Crippen LogP contribution in [0.3, 0.4) is 0 Å². The van der Waals surface area contributed by atoms with E-state index in [1.54, 1.807) is 6.07 Å². The third kappa shape index (κ3) is 4.53. The molecule has 1 aliphatic heterocycles. The van der Waals surface area contributed by atoms with E-state index < -0.39 is 17.7 Å². The minimum atomic E-state index is -1.58. The molecule has 3 N–H and O–H groups in total.